The van der Waals surface area contributed by atoms with E-state index >= 15 is 0 Å². The highest BCUT2D eigenvalue weighted by Crippen LogP contribution is 2.21. The fourth-order valence-electron chi connectivity index (χ4n) is 2.24. The lowest BCUT2D eigenvalue weighted by Gasteiger charge is -2.08. The zero-order chi connectivity index (χ0) is 14.5. The second-order valence-corrected chi connectivity index (χ2v) is 5.15. The maximum Gasteiger partial charge on any atom is 0.307 e. The first-order chi connectivity index (χ1) is 9.54. The van der Waals surface area contributed by atoms with E-state index < -0.39 is 5.97 Å². The Balaban J connectivity index is 2.20. The lowest BCUT2D eigenvalue weighted by Crippen LogP contribution is -2.17. The zero-order valence-electron chi connectivity index (χ0n) is 11.5. The van der Waals surface area contributed by atoms with Crippen LogP contribution in [-0.2, 0) is 17.6 Å². The molecule has 0 saturated carbocycles. The summed E-state index contributed by atoms with van der Waals surface area (Å²) < 4.78 is 0. The molecular weight excluding hydrogens is 250 g/mol. The van der Waals surface area contributed by atoms with Crippen molar-refractivity contribution in [3.63, 3.8) is 0 Å². The highest BCUT2D eigenvalue weighted by Gasteiger charge is 2.04. The zero-order valence-corrected chi connectivity index (χ0v) is 11.5. The Kier molecular flexibility index (Phi) is 4.53. The molecule has 0 fully saturated rings. The molecule has 2 aromatic rings. The Morgan fingerprint density at radius 1 is 1.10 bits per heavy atom. The average Bonchev–Trinajstić information content (AvgIpc) is 2.38. The first-order valence-electron chi connectivity index (χ1n) is 6.70. The van der Waals surface area contributed by atoms with Crippen molar-refractivity contribution in [1.82, 2.24) is 0 Å². The van der Waals surface area contributed by atoms with E-state index in [2.05, 4.69) is 24.3 Å². The Hall–Kier alpha value is -2.13. The summed E-state index contributed by atoms with van der Waals surface area (Å²) in [5.74, 6) is -0.811. The van der Waals surface area contributed by atoms with Gasteiger partial charge in [-0.25, -0.2) is 0 Å². The van der Waals surface area contributed by atoms with E-state index in [1.807, 2.05) is 31.2 Å². The van der Waals surface area contributed by atoms with Gasteiger partial charge in [-0.3, -0.25) is 4.79 Å². The summed E-state index contributed by atoms with van der Waals surface area (Å²) in [6, 6.07) is 16.0. The molecule has 0 aliphatic rings. The van der Waals surface area contributed by atoms with Crippen molar-refractivity contribution in [2.75, 3.05) is 0 Å². The van der Waals surface area contributed by atoms with Crippen molar-refractivity contribution < 1.29 is 9.90 Å². The molecule has 20 heavy (non-hydrogen) atoms. The summed E-state index contributed by atoms with van der Waals surface area (Å²) >= 11 is 0. The van der Waals surface area contributed by atoms with Crippen LogP contribution in [0.1, 0.15) is 18.1 Å². The monoisotopic (exact) mass is 269 g/mol. The van der Waals surface area contributed by atoms with E-state index in [1.165, 1.54) is 5.56 Å². The normalized spacial score (nSPS) is 12.1. The minimum atomic E-state index is -0.811. The first kappa shape index (κ1) is 14.3. The van der Waals surface area contributed by atoms with Crippen molar-refractivity contribution >= 4 is 5.97 Å². The lowest BCUT2D eigenvalue weighted by molar-refractivity contribution is -0.136. The molecule has 0 radical (unpaired) electrons. The average molecular weight is 269 g/mol. The van der Waals surface area contributed by atoms with Gasteiger partial charge in [0.1, 0.15) is 0 Å². The molecular formula is C17H19NO2. The maximum absolute atomic E-state index is 10.8. The van der Waals surface area contributed by atoms with Gasteiger partial charge < -0.3 is 10.8 Å². The van der Waals surface area contributed by atoms with E-state index in [0.717, 1.165) is 23.1 Å². The van der Waals surface area contributed by atoms with Crippen LogP contribution in [0, 0.1) is 0 Å². The first-order valence-corrected chi connectivity index (χ1v) is 6.70. The van der Waals surface area contributed by atoms with Gasteiger partial charge in [0.15, 0.2) is 0 Å². The molecule has 2 rings (SSSR count). The second kappa shape index (κ2) is 6.35. The molecule has 1 unspecified atom stereocenters. The van der Waals surface area contributed by atoms with Crippen LogP contribution in [0.2, 0.25) is 0 Å². The molecule has 0 amide bonds. The molecule has 0 aromatic heterocycles. The van der Waals surface area contributed by atoms with Crippen LogP contribution in [0.5, 0.6) is 0 Å². The van der Waals surface area contributed by atoms with Gasteiger partial charge in [0, 0.05) is 6.04 Å². The van der Waals surface area contributed by atoms with Crippen LogP contribution in [0.15, 0.2) is 48.5 Å². The second-order valence-electron chi connectivity index (χ2n) is 5.15. The summed E-state index contributed by atoms with van der Waals surface area (Å²) in [7, 11) is 0. The van der Waals surface area contributed by atoms with Crippen LogP contribution in [0.4, 0.5) is 0 Å². The largest absolute Gasteiger partial charge is 0.481 e. The van der Waals surface area contributed by atoms with Gasteiger partial charge in [0.2, 0.25) is 0 Å². The third-order valence-corrected chi connectivity index (χ3v) is 3.13. The maximum atomic E-state index is 10.8. The van der Waals surface area contributed by atoms with E-state index in [-0.39, 0.29) is 12.5 Å². The Labute approximate surface area is 119 Å². The van der Waals surface area contributed by atoms with Crippen molar-refractivity contribution in [3.05, 3.63) is 59.7 Å². The van der Waals surface area contributed by atoms with Crippen LogP contribution in [-0.4, -0.2) is 17.1 Å². The molecule has 0 saturated heterocycles. The fraction of sp³-hybridized carbons (Fsp3) is 0.235. The van der Waals surface area contributed by atoms with Crippen LogP contribution in [0.3, 0.4) is 0 Å². The molecule has 3 N–H and O–H groups in total. The molecule has 0 aliphatic carbocycles. The van der Waals surface area contributed by atoms with Crippen molar-refractivity contribution in [1.29, 1.82) is 0 Å². The SMILES string of the molecule is CC(N)Cc1ccc(-c2cccc(CC(=O)O)c2)cc1. The molecule has 2 aromatic carbocycles. The summed E-state index contributed by atoms with van der Waals surface area (Å²) in [5, 5.41) is 8.84. The van der Waals surface area contributed by atoms with E-state index in [9.17, 15) is 4.79 Å². The number of aliphatic carboxylic acids is 1. The number of nitrogens with two attached hydrogens (primary N) is 1. The number of benzene rings is 2. The van der Waals surface area contributed by atoms with Crippen molar-refractivity contribution in [2.45, 2.75) is 25.8 Å². The molecule has 104 valence electrons. The minimum absolute atomic E-state index is 0.0522. The molecule has 3 nitrogen and oxygen atoms in total. The standard InChI is InChI=1S/C17H19NO2/c1-12(18)9-13-5-7-15(8-6-13)16-4-2-3-14(10-16)11-17(19)20/h2-8,10,12H,9,11,18H2,1H3,(H,19,20). The molecule has 0 aliphatic heterocycles. The van der Waals surface area contributed by atoms with Gasteiger partial charge in [-0.05, 0) is 35.6 Å². The highest BCUT2D eigenvalue weighted by atomic mass is 16.4. The third-order valence-electron chi connectivity index (χ3n) is 3.13. The fourth-order valence-corrected chi connectivity index (χ4v) is 2.24. The lowest BCUT2D eigenvalue weighted by atomic mass is 9.99. The van der Waals surface area contributed by atoms with E-state index in [1.54, 1.807) is 0 Å². The number of carbonyl (C=O) groups is 1. The Bertz CT molecular complexity index is 588. The third kappa shape index (κ3) is 3.93. The van der Waals surface area contributed by atoms with Gasteiger partial charge in [0.25, 0.3) is 0 Å². The summed E-state index contributed by atoms with van der Waals surface area (Å²) in [5.41, 5.74) is 9.94. The highest BCUT2D eigenvalue weighted by molar-refractivity contribution is 5.72. The molecule has 0 bridgehead atoms. The van der Waals surface area contributed by atoms with Gasteiger partial charge in [-0.1, -0.05) is 48.5 Å². The van der Waals surface area contributed by atoms with Crippen LogP contribution >= 0.6 is 0 Å². The number of carboxylic acids is 1. The predicted octanol–water partition coefficient (Wildman–Crippen LogP) is 2.87. The smallest absolute Gasteiger partial charge is 0.307 e. The number of carboxylic acid groups (broad SMARTS) is 1. The number of rotatable bonds is 5. The van der Waals surface area contributed by atoms with Crippen LogP contribution in [0.25, 0.3) is 11.1 Å². The molecule has 1 atom stereocenters. The predicted molar refractivity (Wildman–Crippen MR) is 80.6 cm³/mol. The Morgan fingerprint density at radius 3 is 2.40 bits per heavy atom. The summed E-state index contributed by atoms with van der Waals surface area (Å²) in [6.45, 7) is 1.99. The van der Waals surface area contributed by atoms with E-state index in [0.29, 0.717) is 0 Å². The molecule has 3 heteroatoms. The quantitative estimate of drug-likeness (QED) is 0.877. The van der Waals surface area contributed by atoms with E-state index in [4.69, 9.17) is 10.8 Å². The number of hydrogen-bond acceptors (Lipinski definition) is 2. The summed E-state index contributed by atoms with van der Waals surface area (Å²) in [4.78, 5) is 10.8. The number of hydrogen-bond donors (Lipinski definition) is 2. The van der Waals surface area contributed by atoms with Gasteiger partial charge in [-0.2, -0.15) is 0 Å². The molecule has 0 spiro atoms. The van der Waals surface area contributed by atoms with Gasteiger partial charge in [0.05, 0.1) is 6.42 Å². The van der Waals surface area contributed by atoms with Crippen LogP contribution < -0.4 is 5.73 Å². The van der Waals surface area contributed by atoms with Gasteiger partial charge in [-0.15, -0.1) is 0 Å². The van der Waals surface area contributed by atoms with Crippen molar-refractivity contribution in [3.8, 4) is 11.1 Å². The minimum Gasteiger partial charge on any atom is -0.481 e. The molecule has 0 heterocycles. The van der Waals surface area contributed by atoms with Gasteiger partial charge >= 0.3 is 5.97 Å². The van der Waals surface area contributed by atoms with Crippen molar-refractivity contribution in [2.24, 2.45) is 5.73 Å². The Morgan fingerprint density at radius 2 is 1.80 bits per heavy atom. The topological polar surface area (TPSA) is 63.3 Å². The summed E-state index contributed by atoms with van der Waals surface area (Å²) in [6.07, 6.45) is 0.913.